The molecule has 3 nitrogen and oxygen atoms in total. The number of hydrogen-bond donors (Lipinski definition) is 1. The van der Waals surface area contributed by atoms with Gasteiger partial charge in [0.25, 0.3) is 0 Å². The predicted octanol–water partition coefficient (Wildman–Crippen LogP) is 3.58. The fourth-order valence-electron chi connectivity index (χ4n) is 3.33. The van der Waals surface area contributed by atoms with Gasteiger partial charge in [-0.05, 0) is 68.5 Å². The van der Waals surface area contributed by atoms with Crippen molar-refractivity contribution >= 4 is 18.3 Å². The summed E-state index contributed by atoms with van der Waals surface area (Å²) in [6, 6.07) is 6.57. The third-order valence-corrected chi connectivity index (χ3v) is 4.52. The summed E-state index contributed by atoms with van der Waals surface area (Å²) in [6.07, 6.45) is 7.12. The molecule has 0 spiro atoms. The van der Waals surface area contributed by atoms with Crippen molar-refractivity contribution < 1.29 is 4.79 Å². The van der Waals surface area contributed by atoms with Crippen LogP contribution in [0.1, 0.15) is 61.0 Å². The minimum absolute atomic E-state index is 0. The normalized spacial score (nSPS) is 17.0. The maximum Gasteiger partial charge on any atom is 0.248 e. The molecular weight excluding hydrogens is 296 g/mol. The fraction of sp³-hybridized carbons (Fsp3) is 0.611. The van der Waals surface area contributed by atoms with E-state index in [9.17, 15) is 4.79 Å². The van der Waals surface area contributed by atoms with E-state index in [2.05, 4.69) is 24.8 Å². The first-order valence-corrected chi connectivity index (χ1v) is 8.31. The van der Waals surface area contributed by atoms with Crippen molar-refractivity contribution in [1.29, 1.82) is 0 Å². The van der Waals surface area contributed by atoms with E-state index in [1.807, 2.05) is 12.1 Å². The van der Waals surface area contributed by atoms with Crippen molar-refractivity contribution in [2.45, 2.75) is 58.4 Å². The van der Waals surface area contributed by atoms with Gasteiger partial charge in [-0.2, -0.15) is 0 Å². The van der Waals surface area contributed by atoms with Crippen molar-refractivity contribution in [3.8, 4) is 0 Å². The van der Waals surface area contributed by atoms with Crippen molar-refractivity contribution in [2.75, 3.05) is 13.1 Å². The summed E-state index contributed by atoms with van der Waals surface area (Å²) >= 11 is 0. The highest BCUT2D eigenvalue weighted by Gasteiger charge is 2.24. The zero-order valence-electron chi connectivity index (χ0n) is 13.8. The highest BCUT2D eigenvalue weighted by Crippen LogP contribution is 2.26. The Balaban J connectivity index is 0.00000242. The third-order valence-electron chi connectivity index (χ3n) is 4.52. The first-order chi connectivity index (χ1) is 10.2. The summed E-state index contributed by atoms with van der Waals surface area (Å²) in [5.41, 5.74) is 8.76. The monoisotopic (exact) mass is 324 g/mol. The number of rotatable bonds is 7. The Kier molecular flexibility index (Phi) is 7.91. The van der Waals surface area contributed by atoms with Crippen molar-refractivity contribution in [1.82, 2.24) is 4.90 Å². The van der Waals surface area contributed by atoms with E-state index in [1.165, 1.54) is 49.9 Å². The number of nitrogens with two attached hydrogens (primary N) is 1. The van der Waals surface area contributed by atoms with Gasteiger partial charge in [-0.3, -0.25) is 4.79 Å². The number of benzene rings is 1. The number of carbonyl (C=O) groups excluding carboxylic acids is 1. The number of primary amides is 1. The quantitative estimate of drug-likeness (QED) is 0.833. The minimum Gasteiger partial charge on any atom is -0.366 e. The Morgan fingerprint density at radius 2 is 2.00 bits per heavy atom. The molecule has 0 aliphatic heterocycles. The molecule has 2 rings (SSSR count). The van der Waals surface area contributed by atoms with Crippen LogP contribution in [0.25, 0.3) is 0 Å². The molecule has 1 unspecified atom stereocenters. The Bertz CT molecular complexity index is 490. The molecule has 4 heteroatoms. The number of aryl methyl sites for hydroxylation is 1. The summed E-state index contributed by atoms with van der Waals surface area (Å²) in [7, 11) is 0. The van der Waals surface area contributed by atoms with Crippen LogP contribution in [0.2, 0.25) is 0 Å². The minimum atomic E-state index is -0.323. The summed E-state index contributed by atoms with van der Waals surface area (Å²) < 4.78 is 0. The first-order valence-electron chi connectivity index (χ1n) is 8.31. The molecule has 2 N–H and O–H groups in total. The van der Waals surface area contributed by atoms with Crippen LogP contribution in [0.3, 0.4) is 0 Å². The fourth-order valence-corrected chi connectivity index (χ4v) is 3.33. The molecule has 0 heterocycles. The number of amides is 1. The maximum absolute atomic E-state index is 11.4. The topological polar surface area (TPSA) is 46.3 Å². The Morgan fingerprint density at radius 3 is 2.64 bits per heavy atom. The maximum atomic E-state index is 11.4. The van der Waals surface area contributed by atoms with E-state index in [4.69, 9.17) is 5.73 Å². The molecule has 0 fully saturated rings. The van der Waals surface area contributed by atoms with Gasteiger partial charge < -0.3 is 10.6 Å². The van der Waals surface area contributed by atoms with E-state index in [-0.39, 0.29) is 18.3 Å². The van der Waals surface area contributed by atoms with Crippen molar-refractivity contribution in [3.05, 3.63) is 34.9 Å². The van der Waals surface area contributed by atoms with E-state index >= 15 is 0 Å². The molecular formula is C18H29ClN2O. The molecule has 1 aromatic rings. The molecule has 124 valence electrons. The van der Waals surface area contributed by atoms with Crippen LogP contribution in [0.15, 0.2) is 18.2 Å². The van der Waals surface area contributed by atoms with Gasteiger partial charge in [0.15, 0.2) is 0 Å². The number of unbranched alkanes of at least 4 members (excludes halogenated alkanes) is 1. The molecule has 0 saturated carbocycles. The van der Waals surface area contributed by atoms with Crippen LogP contribution in [0, 0.1) is 0 Å². The average Bonchev–Trinajstić information content (AvgIpc) is 2.50. The molecule has 0 radical (unpaired) electrons. The van der Waals surface area contributed by atoms with Gasteiger partial charge >= 0.3 is 0 Å². The Morgan fingerprint density at radius 1 is 1.23 bits per heavy atom. The van der Waals surface area contributed by atoms with Crippen LogP contribution >= 0.6 is 12.4 Å². The van der Waals surface area contributed by atoms with Gasteiger partial charge in [0.1, 0.15) is 0 Å². The lowest BCUT2D eigenvalue weighted by Gasteiger charge is -2.35. The van der Waals surface area contributed by atoms with Crippen molar-refractivity contribution in [2.24, 2.45) is 5.73 Å². The van der Waals surface area contributed by atoms with Gasteiger partial charge in [0, 0.05) is 11.6 Å². The summed E-state index contributed by atoms with van der Waals surface area (Å²) in [6.45, 7) is 6.87. The van der Waals surface area contributed by atoms with Gasteiger partial charge in [-0.15, -0.1) is 12.4 Å². The largest absolute Gasteiger partial charge is 0.366 e. The zero-order chi connectivity index (χ0) is 15.2. The molecule has 0 saturated heterocycles. The second-order valence-corrected chi connectivity index (χ2v) is 6.13. The molecule has 0 aromatic heterocycles. The van der Waals surface area contributed by atoms with E-state index in [1.54, 1.807) is 0 Å². The van der Waals surface area contributed by atoms with Crippen LogP contribution in [-0.4, -0.2) is 29.9 Å². The SMILES string of the molecule is CCCCN(CCC)C1CCc2ccc(C(N)=O)cc2C1.Cl. The predicted molar refractivity (Wildman–Crippen MR) is 94.8 cm³/mol. The van der Waals surface area contributed by atoms with Gasteiger partial charge in [0.05, 0.1) is 0 Å². The number of nitrogens with zero attached hydrogens (tertiary/aromatic N) is 1. The standard InChI is InChI=1S/C18H28N2O.ClH/c1-3-5-11-20(10-4-2)17-9-8-14-6-7-15(18(19)21)12-16(14)13-17;/h6-7,12,17H,3-5,8-11,13H2,1-2H3,(H2,19,21);1H. The van der Waals surface area contributed by atoms with Gasteiger partial charge in [0.2, 0.25) is 5.91 Å². The number of hydrogen-bond acceptors (Lipinski definition) is 2. The highest BCUT2D eigenvalue weighted by atomic mass is 35.5. The average molecular weight is 325 g/mol. The Hall–Kier alpha value is -1.06. The number of carbonyl (C=O) groups is 1. The molecule has 1 aromatic carbocycles. The highest BCUT2D eigenvalue weighted by molar-refractivity contribution is 5.93. The summed E-state index contributed by atoms with van der Waals surface area (Å²) in [5, 5.41) is 0. The van der Waals surface area contributed by atoms with Gasteiger partial charge in [-0.1, -0.05) is 26.3 Å². The Labute approximate surface area is 140 Å². The first kappa shape index (κ1) is 19.0. The third kappa shape index (κ3) is 4.72. The lowest BCUT2D eigenvalue weighted by molar-refractivity contribution is 0.1000. The van der Waals surface area contributed by atoms with Crippen LogP contribution in [0.4, 0.5) is 0 Å². The summed E-state index contributed by atoms with van der Waals surface area (Å²) in [4.78, 5) is 14.0. The summed E-state index contributed by atoms with van der Waals surface area (Å²) in [5.74, 6) is -0.323. The lowest BCUT2D eigenvalue weighted by Crippen LogP contribution is -2.40. The van der Waals surface area contributed by atoms with Crippen molar-refractivity contribution in [3.63, 3.8) is 0 Å². The number of halogens is 1. The van der Waals surface area contributed by atoms with Crippen LogP contribution in [0.5, 0.6) is 0 Å². The molecule has 1 aliphatic rings. The molecule has 22 heavy (non-hydrogen) atoms. The van der Waals surface area contributed by atoms with Gasteiger partial charge in [-0.25, -0.2) is 0 Å². The molecule has 1 aliphatic carbocycles. The molecule has 0 bridgehead atoms. The van der Waals surface area contributed by atoms with E-state index in [0.717, 1.165) is 12.8 Å². The van der Waals surface area contributed by atoms with Crippen LogP contribution < -0.4 is 5.73 Å². The zero-order valence-corrected chi connectivity index (χ0v) is 14.6. The lowest BCUT2D eigenvalue weighted by atomic mass is 9.86. The smallest absolute Gasteiger partial charge is 0.248 e. The van der Waals surface area contributed by atoms with E-state index in [0.29, 0.717) is 11.6 Å². The second-order valence-electron chi connectivity index (χ2n) is 6.13. The second kappa shape index (κ2) is 9.16. The molecule has 1 atom stereocenters. The number of fused-ring (bicyclic) bond motifs is 1. The molecule has 1 amide bonds. The van der Waals surface area contributed by atoms with E-state index < -0.39 is 0 Å². The van der Waals surface area contributed by atoms with Crippen LogP contribution in [-0.2, 0) is 12.8 Å².